The fraction of sp³-hybridized carbons (Fsp3) is 0.208. The van der Waals surface area contributed by atoms with Gasteiger partial charge in [-0.1, -0.05) is 18.7 Å². The Kier molecular flexibility index (Phi) is 5.13. The fourth-order valence-corrected chi connectivity index (χ4v) is 4.66. The van der Waals surface area contributed by atoms with E-state index in [9.17, 15) is 0 Å². The molecule has 7 heteroatoms. The monoisotopic (exact) mass is 428 g/mol. The molecule has 156 valence electrons. The van der Waals surface area contributed by atoms with E-state index >= 15 is 0 Å². The summed E-state index contributed by atoms with van der Waals surface area (Å²) in [5.41, 5.74) is 6.06. The molecule has 0 spiro atoms. The molecule has 0 aromatic carbocycles. The lowest BCUT2D eigenvalue weighted by atomic mass is 10.0. The van der Waals surface area contributed by atoms with Crippen LogP contribution in [0.3, 0.4) is 0 Å². The molecule has 0 saturated heterocycles. The van der Waals surface area contributed by atoms with Crippen LogP contribution in [0, 0.1) is 6.92 Å². The molecule has 3 N–H and O–H groups in total. The minimum atomic E-state index is 0.695. The molecule has 0 saturated carbocycles. The minimum Gasteiger partial charge on any atom is -0.336 e. The van der Waals surface area contributed by atoms with Crippen LogP contribution in [0.2, 0.25) is 0 Å². The third-order valence-corrected chi connectivity index (χ3v) is 6.58. The average Bonchev–Trinajstić information content (AvgIpc) is 3.50. The van der Waals surface area contributed by atoms with Gasteiger partial charge >= 0.3 is 0 Å². The number of H-pyrrole nitrogens is 2. The molecule has 5 heterocycles. The number of pyridine rings is 1. The molecule has 0 aliphatic carbocycles. The molecule has 1 aliphatic heterocycles. The van der Waals surface area contributed by atoms with E-state index in [4.69, 9.17) is 4.98 Å². The molecule has 4 aromatic rings. The van der Waals surface area contributed by atoms with Crippen LogP contribution in [-0.4, -0.2) is 38.2 Å². The Morgan fingerprint density at radius 2 is 2.13 bits per heavy atom. The highest BCUT2D eigenvalue weighted by Gasteiger charge is 2.15. The lowest BCUT2D eigenvalue weighted by Gasteiger charge is -2.13. The van der Waals surface area contributed by atoms with Crippen LogP contribution >= 0.6 is 11.3 Å². The van der Waals surface area contributed by atoms with Gasteiger partial charge in [0.05, 0.1) is 15.7 Å². The molecule has 0 fully saturated rings. The number of hydrogen-bond donors (Lipinski definition) is 3. The van der Waals surface area contributed by atoms with Crippen LogP contribution in [0.1, 0.15) is 18.2 Å². The molecule has 0 unspecified atom stereocenters. The van der Waals surface area contributed by atoms with Gasteiger partial charge in [-0.05, 0) is 62.2 Å². The number of aryl methyl sites for hydroxylation is 1. The van der Waals surface area contributed by atoms with Crippen molar-refractivity contribution in [1.82, 2.24) is 30.5 Å². The molecule has 0 bridgehead atoms. The first-order chi connectivity index (χ1) is 15.1. The first-order valence-corrected chi connectivity index (χ1v) is 11.2. The van der Waals surface area contributed by atoms with Gasteiger partial charge in [0.25, 0.3) is 0 Å². The maximum absolute atomic E-state index is 4.83. The molecule has 0 atom stereocenters. The average molecular weight is 429 g/mol. The van der Waals surface area contributed by atoms with E-state index < -0.39 is 0 Å². The Labute approximate surface area is 184 Å². The Hall–Kier alpha value is -3.29. The zero-order chi connectivity index (χ0) is 21.4. The Morgan fingerprint density at radius 3 is 2.90 bits per heavy atom. The van der Waals surface area contributed by atoms with Gasteiger partial charge in [0, 0.05) is 22.8 Å². The van der Waals surface area contributed by atoms with Crippen molar-refractivity contribution in [2.45, 2.75) is 20.3 Å². The summed E-state index contributed by atoms with van der Waals surface area (Å²) in [6.45, 7) is 10.5. The third-order valence-electron chi connectivity index (χ3n) is 5.57. The molecule has 0 amide bonds. The number of imidazole rings is 1. The van der Waals surface area contributed by atoms with Crippen LogP contribution in [0.5, 0.6) is 0 Å². The number of fused-ring (bicyclic) bond motifs is 1. The van der Waals surface area contributed by atoms with Crippen molar-refractivity contribution in [3.63, 3.8) is 0 Å². The zero-order valence-electron chi connectivity index (χ0n) is 17.6. The first-order valence-electron chi connectivity index (χ1n) is 10.3. The first kappa shape index (κ1) is 19.7. The molecule has 6 nitrogen and oxygen atoms in total. The molecular formula is C24H24N6S. The van der Waals surface area contributed by atoms with Crippen LogP contribution in [0.25, 0.3) is 45.8 Å². The van der Waals surface area contributed by atoms with Crippen LogP contribution in [0.4, 0.5) is 0 Å². The predicted octanol–water partition coefficient (Wildman–Crippen LogP) is 3.44. The molecule has 1 aliphatic rings. The van der Waals surface area contributed by atoms with Gasteiger partial charge in [-0.2, -0.15) is 5.10 Å². The van der Waals surface area contributed by atoms with Gasteiger partial charge in [0.15, 0.2) is 5.82 Å². The number of rotatable bonds is 4. The van der Waals surface area contributed by atoms with Crippen molar-refractivity contribution in [2.75, 3.05) is 13.1 Å². The predicted molar refractivity (Wildman–Crippen MR) is 128 cm³/mol. The summed E-state index contributed by atoms with van der Waals surface area (Å²) in [6.07, 6.45) is 9.29. The molecular weight excluding hydrogens is 404 g/mol. The van der Waals surface area contributed by atoms with Crippen molar-refractivity contribution in [3.05, 3.63) is 63.1 Å². The van der Waals surface area contributed by atoms with Crippen LogP contribution < -0.4 is 15.9 Å². The second kappa shape index (κ2) is 8.09. The quantitative estimate of drug-likeness (QED) is 0.465. The van der Waals surface area contributed by atoms with E-state index in [0.29, 0.717) is 5.82 Å². The second-order valence-corrected chi connectivity index (χ2v) is 9.00. The maximum Gasteiger partial charge on any atom is 0.159 e. The summed E-state index contributed by atoms with van der Waals surface area (Å²) in [4.78, 5) is 15.2. The fourth-order valence-electron chi connectivity index (χ4n) is 3.80. The minimum absolute atomic E-state index is 0.695. The third kappa shape index (κ3) is 3.78. The highest BCUT2D eigenvalue weighted by molar-refractivity contribution is 7.15. The number of nitrogens with zero attached hydrogens (tertiary/aromatic N) is 3. The smallest absolute Gasteiger partial charge is 0.159 e. The Bertz CT molecular complexity index is 1430. The topological polar surface area (TPSA) is 82.3 Å². The summed E-state index contributed by atoms with van der Waals surface area (Å²) in [7, 11) is 0. The summed E-state index contributed by atoms with van der Waals surface area (Å²) in [6, 6.07) is 6.14. The van der Waals surface area contributed by atoms with E-state index in [-0.39, 0.29) is 0 Å². The number of thiophene rings is 1. The summed E-state index contributed by atoms with van der Waals surface area (Å²) in [5, 5.41) is 12.7. The molecule has 4 aromatic heterocycles. The van der Waals surface area contributed by atoms with Crippen molar-refractivity contribution in [1.29, 1.82) is 0 Å². The van der Waals surface area contributed by atoms with E-state index in [1.54, 1.807) is 11.3 Å². The number of hydrogen-bond acceptors (Lipinski definition) is 5. The standard InChI is InChI=1S/C24H24N6S/c1-14(17-8-11-25-12-9-17)4-6-18-16(3)21(30-29-18)24-27-19-10-13-26-23(22(19)28-24)20-7-5-15(2)31-20/h4-8,10,13,25,29H,3,9,11-12H2,1-2H3,(H,27,28)/b14-4+,18-6+. The van der Waals surface area contributed by atoms with E-state index in [1.165, 1.54) is 16.0 Å². The molecule has 31 heavy (non-hydrogen) atoms. The van der Waals surface area contributed by atoms with Gasteiger partial charge in [0.1, 0.15) is 16.9 Å². The Balaban J connectivity index is 1.52. The highest BCUT2D eigenvalue weighted by Crippen LogP contribution is 2.31. The summed E-state index contributed by atoms with van der Waals surface area (Å²) in [5.74, 6) is 0.695. The van der Waals surface area contributed by atoms with Crippen LogP contribution in [0.15, 0.2) is 47.7 Å². The van der Waals surface area contributed by atoms with Gasteiger partial charge in [-0.25, -0.2) is 4.98 Å². The van der Waals surface area contributed by atoms with Crippen molar-refractivity contribution in [2.24, 2.45) is 0 Å². The van der Waals surface area contributed by atoms with Gasteiger partial charge < -0.3 is 10.3 Å². The van der Waals surface area contributed by atoms with E-state index in [2.05, 4.69) is 70.2 Å². The van der Waals surface area contributed by atoms with Crippen LogP contribution in [-0.2, 0) is 0 Å². The number of allylic oxidation sites excluding steroid dienone is 2. The summed E-state index contributed by atoms with van der Waals surface area (Å²) < 4.78 is 0. The number of nitrogens with one attached hydrogen (secondary N) is 3. The lowest BCUT2D eigenvalue weighted by Crippen LogP contribution is -2.22. The maximum atomic E-state index is 4.83. The van der Waals surface area contributed by atoms with Crippen molar-refractivity contribution >= 4 is 35.0 Å². The summed E-state index contributed by atoms with van der Waals surface area (Å²) >= 11 is 1.72. The van der Waals surface area contributed by atoms with E-state index in [0.717, 1.165) is 57.4 Å². The number of aromatic amines is 2. The highest BCUT2D eigenvalue weighted by atomic mass is 32.1. The normalized spacial score (nSPS) is 15.6. The van der Waals surface area contributed by atoms with Gasteiger partial charge in [-0.3, -0.25) is 10.1 Å². The van der Waals surface area contributed by atoms with Crippen molar-refractivity contribution in [3.8, 4) is 22.1 Å². The molecule has 5 rings (SSSR count). The SMILES string of the molecule is C=c1c(-c2nc3c(-c4ccc(C)s4)nccc3[nH]2)n[nH]/c1=C/C=C(\C)C1=CCNCC1. The van der Waals surface area contributed by atoms with Gasteiger partial charge in [-0.15, -0.1) is 11.3 Å². The van der Waals surface area contributed by atoms with Crippen molar-refractivity contribution < 1.29 is 0 Å². The van der Waals surface area contributed by atoms with Gasteiger partial charge in [0.2, 0.25) is 0 Å². The lowest BCUT2D eigenvalue weighted by molar-refractivity contribution is 0.707. The zero-order valence-corrected chi connectivity index (χ0v) is 18.4. The second-order valence-electron chi connectivity index (χ2n) is 7.72. The Morgan fingerprint density at radius 1 is 1.23 bits per heavy atom. The largest absolute Gasteiger partial charge is 0.336 e. The van der Waals surface area contributed by atoms with E-state index in [1.807, 2.05) is 18.3 Å². The number of aromatic nitrogens is 5. The molecule has 0 radical (unpaired) electrons.